The Morgan fingerprint density at radius 3 is 2.54 bits per heavy atom. The van der Waals surface area contributed by atoms with E-state index in [-0.39, 0.29) is 5.41 Å². The molecule has 0 aliphatic heterocycles. The van der Waals surface area contributed by atoms with Crippen molar-refractivity contribution in [2.75, 3.05) is 0 Å². The van der Waals surface area contributed by atoms with E-state index in [1.165, 1.54) is 31.2 Å². The molecule has 0 N–H and O–H groups in total. The molecule has 5 rings (SSSR count). The van der Waals surface area contributed by atoms with E-state index in [0.29, 0.717) is 10.8 Å². The van der Waals surface area contributed by atoms with Crippen LogP contribution < -0.4 is 0 Å². The number of hydrogen-bond acceptors (Lipinski definition) is 0. The first kappa shape index (κ1) is 15.2. The van der Waals surface area contributed by atoms with E-state index in [2.05, 4.69) is 59.7 Å². The highest BCUT2D eigenvalue weighted by atomic mass is 14.7. The lowest BCUT2D eigenvalue weighted by Gasteiger charge is -2.44. The second-order valence-electron chi connectivity index (χ2n) is 10.8. The highest BCUT2D eigenvalue weighted by Crippen LogP contribution is 2.76. The minimum atomic E-state index is 0.286. The van der Waals surface area contributed by atoms with E-state index >= 15 is 0 Å². The second kappa shape index (κ2) is 4.19. The Labute approximate surface area is 147 Å². The Hall–Kier alpha value is -1.04. The molecule has 128 valence electrons. The van der Waals surface area contributed by atoms with E-state index in [1.54, 1.807) is 16.7 Å². The summed E-state index contributed by atoms with van der Waals surface area (Å²) < 4.78 is 0. The van der Waals surface area contributed by atoms with Crippen LogP contribution in [-0.2, 0) is 6.42 Å². The Morgan fingerprint density at radius 1 is 1.04 bits per heavy atom. The molecule has 0 heterocycles. The first-order valence-corrected chi connectivity index (χ1v) is 9.98. The maximum Gasteiger partial charge on any atom is -0.00813 e. The van der Waals surface area contributed by atoms with Crippen LogP contribution in [0.2, 0.25) is 0 Å². The van der Waals surface area contributed by atoms with Gasteiger partial charge in [-0.2, -0.15) is 0 Å². The molecule has 0 heteroatoms. The monoisotopic (exact) mass is 320 g/mol. The molecule has 0 bridgehead atoms. The molecule has 2 saturated carbocycles. The van der Waals surface area contributed by atoms with Crippen LogP contribution in [0.25, 0.3) is 5.57 Å². The molecule has 4 aliphatic carbocycles. The first-order valence-electron chi connectivity index (χ1n) is 9.98. The molecular formula is C24H32. The SMILES string of the molecule is Cc1ccc2c(c1)CC(C)(C)C(C)(C)C1=C2CC2CC2C2(C)CC12. The Morgan fingerprint density at radius 2 is 1.79 bits per heavy atom. The van der Waals surface area contributed by atoms with Crippen molar-refractivity contribution in [3.63, 3.8) is 0 Å². The van der Waals surface area contributed by atoms with Crippen LogP contribution in [0.3, 0.4) is 0 Å². The van der Waals surface area contributed by atoms with Gasteiger partial charge in [0.15, 0.2) is 0 Å². The lowest BCUT2D eigenvalue weighted by molar-refractivity contribution is 0.144. The van der Waals surface area contributed by atoms with Gasteiger partial charge in [0.25, 0.3) is 0 Å². The Balaban J connectivity index is 1.80. The fourth-order valence-electron chi connectivity index (χ4n) is 6.38. The van der Waals surface area contributed by atoms with Crippen molar-refractivity contribution in [3.8, 4) is 0 Å². The van der Waals surface area contributed by atoms with Crippen LogP contribution in [-0.4, -0.2) is 0 Å². The molecular weight excluding hydrogens is 288 g/mol. The summed E-state index contributed by atoms with van der Waals surface area (Å²) in [5.41, 5.74) is 9.48. The standard InChI is InChI=1S/C24H32/c1-14-7-8-17-16(9-14)12-22(2,3)23(4,5)21-18(17)10-15-11-19(15)24(6)13-20(21)24/h7-9,15,19-20H,10-13H2,1-6H3. The molecule has 0 spiro atoms. The van der Waals surface area contributed by atoms with Crippen molar-refractivity contribution in [2.45, 2.75) is 67.2 Å². The Kier molecular flexibility index (Phi) is 2.66. The van der Waals surface area contributed by atoms with Crippen molar-refractivity contribution in [2.24, 2.45) is 34.0 Å². The largest absolute Gasteiger partial charge is 0.0588 e. The van der Waals surface area contributed by atoms with Gasteiger partial charge < -0.3 is 0 Å². The lowest BCUT2D eigenvalue weighted by Crippen LogP contribution is -2.36. The summed E-state index contributed by atoms with van der Waals surface area (Å²) in [6, 6.07) is 7.28. The fourth-order valence-corrected chi connectivity index (χ4v) is 6.38. The van der Waals surface area contributed by atoms with Gasteiger partial charge in [-0.05, 0) is 83.3 Å². The molecule has 0 saturated heterocycles. The maximum absolute atomic E-state index is 2.60. The third-order valence-electron chi connectivity index (χ3n) is 8.77. The summed E-state index contributed by atoms with van der Waals surface area (Å²) in [7, 11) is 0. The van der Waals surface area contributed by atoms with Gasteiger partial charge in [0.1, 0.15) is 0 Å². The quantitative estimate of drug-likeness (QED) is 0.517. The summed E-state index contributed by atoms with van der Waals surface area (Å²) in [6.45, 7) is 15.0. The summed E-state index contributed by atoms with van der Waals surface area (Å²) in [5.74, 6) is 2.84. The van der Waals surface area contributed by atoms with Gasteiger partial charge in [-0.15, -0.1) is 0 Å². The van der Waals surface area contributed by atoms with E-state index < -0.39 is 0 Å². The minimum absolute atomic E-state index is 0.286. The molecule has 4 aliphatic rings. The van der Waals surface area contributed by atoms with Gasteiger partial charge in [-0.25, -0.2) is 0 Å². The number of rotatable bonds is 0. The Bertz CT molecular complexity index is 775. The minimum Gasteiger partial charge on any atom is -0.0588 e. The number of fused-ring (bicyclic) bond motifs is 6. The summed E-state index contributed by atoms with van der Waals surface area (Å²) in [6.07, 6.45) is 5.51. The maximum atomic E-state index is 2.60. The molecule has 24 heavy (non-hydrogen) atoms. The van der Waals surface area contributed by atoms with Crippen LogP contribution in [0.5, 0.6) is 0 Å². The van der Waals surface area contributed by atoms with Crippen LogP contribution in [0.4, 0.5) is 0 Å². The zero-order valence-electron chi connectivity index (χ0n) is 16.3. The number of allylic oxidation sites excluding steroid dienone is 2. The molecule has 1 aromatic rings. The molecule has 0 aromatic heterocycles. The molecule has 0 nitrogen and oxygen atoms in total. The zero-order valence-corrected chi connectivity index (χ0v) is 16.3. The zero-order chi connectivity index (χ0) is 17.1. The first-order chi connectivity index (χ1) is 11.1. The van der Waals surface area contributed by atoms with E-state index in [4.69, 9.17) is 0 Å². The van der Waals surface area contributed by atoms with E-state index in [0.717, 1.165) is 17.8 Å². The van der Waals surface area contributed by atoms with Gasteiger partial charge >= 0.3 is 0 Å². The molecule has 4 atom stereocenters. The number of benzene rings is 1. The average molecular weight is 321 g/mol. The smallest absolute Gasteiger partial charge is 0.00813 e. The highest BCUT2D eigenvalue weighted by Gasteiger charge is 2.68. The van der Waals surface area contributed by atoms with Crippen LogP contribution in [0, 0.1) is 40.9 Å². The van der Waals surface area contributed by atoms with Gasteiger partial charge in [-0.1, -0.05) is 64.0 Å². The number of aryl methyl sites for hydroxylation is 1. The third-order valence-corrected chi connectivity index (χ3v) is 8.77. The van der Waals surface area contributed by atoms with E-state index in [1.807, 2.05) is 5.57 Å². The van der Waals surface area contributed by atoms with Crippen LogP contribution in [0.1, 0.15) is 70.6 Å². The average Bonchev–Trinajstić information content (AvgIpc) is 3.34. The van der Waals surface area contributed by atoms with Crippen molar-refractivity contribution in [1.82, 2.24) is 0 Å². The molecule has 1 aromatic carbocycles. The van der Waals surface area contributed by atoms with Gasteiger partial charge in [0.2, 0.25) is 0 Å². The lowest BCUT2D eigenvalue weighted by atomic mass is 9.60. The van der Waals surface area contributed by atoms with E-state index in [9.17, 15) is 0 Å². The summed E-state index contributed by atoms with van der Waals surface area (Å²) in [5, 5.41) is 0. The third kappa shape index (κ3) is 1.76. The van der Waals surface area contributed by atoms with Gasteiger partial charge in [-0.3, -0.25) is 0 Å². The molecule has 2 fully saturated rings. The summed E-state index contributed by atoms with van der Waals surface area (Å²) in [4.78, 5) is 0. The topological polar surface area (TPSA) is 0 Å². The summed E-state index contributed by atoms with van der Waals surface area (Å²) >= 11 is 0. The van der Waals surface area contributed by atoms with Crippen molar-refractivity contribution in [3.05, 3.63) is 40.5 Å². The van der Waals surface area contributed by atoms with Crippen LogP contribution in [0.15, 0.2) is 23.8 Å². The fraction of sp³-hybridized carbons (Fsp3) is 0.667. The van der Waals surface area contributed by atoms with Gasteiger partial charge in [0.05, 0.1) is 0 Å². The van der Waals surface area contributed by atoms with Gasteiger partial charge in [0, 0.05) is 0 Å². The number of hydrogen-bond donors (Lipinski definition) is 0. The molecule has 0 amide bonds. The van der Waals surface area contributed by atoms with Crippen molar-refractivity contribution >= 4 is 5.57 Å². The highest BCUT2D eigenvalue weighted by molar-refractivity contribution is 5.76. The molecule has 4 unspecified atom stereocenters. The second-order valence-corrected chi connectivity index (χ2v) is 10.8. The predicted octanol–water partition coefficient (Wildman–Crippen LogP) is 6.42. The van der Waals surface area contributed by atoms with Crippen LogP contribution >= 0.6 is 0 Å². The van der Waals surface area contributed by atoms with Crippen molar-refractivity contribution in [1.29, 1.82) is 0 Å². The molecule has 0 radical (unpaired) electrons. The van der Waals surface area contributed by atoms with Crippen molar-refractivity contribution < 1.29 is 0 Å². The predicted molar refractivity (Wildman–Crippen MR) is 102 cm³/mol. The normalized spacial score (nSPS) is 40.5.